The Labute approximate surface area is 221 Å². The Balaban J connectivity index is 1.54. The number of nitriles is 1. The second-order valence-corrected chi connectivity index (χ2v) is 8.29. The molecule has 200 valence electrons. The number of carbonyl (C=O) groups is 2. The first kappa shape index (κ1) is 28.0. The van der Waals surface area contributed by atoms with Gasteiger partial charge in [-0.3, -0.25) is 0 Å². The summed E-state index contributed by atoms with van der Waals surface area (Å²) in [4.78, 5) is 30.9. The second-order valence-electron chi connectivity index (χ2n) is 8.29. The van der Waals surface area contributed by atoms with Crippen LogP contribution in [0, 0.1) is 11.3 Å². The molecule has 0 unspecified atom stereocenters. The molecule has 2 aromatic carbocycles. The number of aromatic nitrogens is 1. The number of carbonyl (C=O) groups excluding carboxylic acids is 2. The summed E-state index contributed by atoms with van der Waals surface area (Å²) in [6, 6.07) is 13.9. The monoisotopic (exact) mass is 520 g/mol. The van der Waals surface area contributed by atoms with E-state index in [-0.39, 0.29) is 13.0 Å². The van der Waals surface area contributed by atoms with E-state index in [2.05, 4.69) is 31.9 Å². The molecule has 0 saturated heterocycles. The van der Waals surface area contributed by atoms with E-state index in [9.17, 15) is 9.59 Å². The van der Waals surface area contributed by atoms with Crippen LogP contribution in [-0.2, 0) is 11.3 Å². The molecule has 0 aliphatic heterocycles. The highest BCUT2D eigenvalue weighted by molar-refractivity contribution is 6.00. The molecule has 3 rings (SSSR count). The summed E-state index contributed by atoms with van der Waals surface area (Å²) in [5, 5.41) is 17.3. The van der Waals surface area contributed by atoms with Crippen molar-refractivity contribution in [3.8, 4) is 23.1 Å². The third kappa shape index (κ3) is 8.25. The van der Waals surface area contributed by atoms with Crippen LogP contribution in [0.4, 0.5) is 21.0 Å². The van der Waals surface area contributed by atoms with Crippen molar-refractivity contribution in [2.45, 2.75) is 32.9 Å². The summed E-state index contributed by atoms with van der Waals surface area (Å²) < 4.78 is 16.2. The third-order valence-electron chi connectivity index (χ3n) is 5.73. The highest BCUT2D eigenvalue weighted by Gasteiger charge is 2.17. The van der Waals surface area contributed by atoms with Crippen LogP contribution in [-0.4, -0.2) is 54.9 Å². The Morgan fingerprint density at radius 2 is 1.89 bits per heavy atom. The molecule has 0 aliphatic carbocycles. The first-order valence-electron chi connectivity index (χ1n) is 12.2. The number of hydrogen-bond donors (Lipinski definition) is 3. The summed E-state index contributed by atoms with van der Waals surface area (Å²) in [6.07, 6.45) is 1.92. The van der Waals surface area contributed by atoms with E-state index in [0.29, 0.717) is 35.0 Å². The molecule has 1 atom stereocenters. The highest BCUT2D eigenvalue weighted by Crippen LogP contribution is 2.32. The van der Waals surface area contributed by atoms with Crippen molar-refractivity contribution in [3.05, 3.63) is 60.6 Å². The zero-order valence-electron chi connectivity index (χ0n) is 21.7. The van der Waals surface area contributed by atoms with Gasteiger partial charge in [-0.05, 0) is 42.9 Å². The normalized spacial score (nSPS) is 11.3. The maximum atomic E-state index is 12.6. The number of nitrogens with zero attached hydrogens (tertiary/aromatic N) is 3. The average molecular weight is 521 g/mol. The van der Waals surface area contributed by atoms with Crippen molar-refractivity contribution in [1.82, 2.24) is 15.2 Å². The van der Waals surface area contributed by atoms with Gasteiger partial charge in [-0.1, -0.05) is 26.0 Å². The molecular formula is C27H32N6O5. The molecule has 1 heterocycles. The Morgan fingerprint density at radius 1 is 1.13 bits per heavy atom. The molecule has 0 radical (unpaired) electrons. The number of hydrogen-bond acceptors (Lipinski definition) is 8. The van der Waals surface area contributed by atoms with Gasteiger partial charge < -0.3 is 34.7 Å². The van der Waals surface area contributed by atoms with Crippen LogP contribution in [0.5, 0.6) is 5.75 Å². The first-order chi connectivity index (χ1) is 18.4. The van der Waals surface area contributed by atoms with E-state index in [1.807, 2.05) is 19.9 Å². The number of ether oxygens (including phenoxy) is 2. The van der Waals surface area contributed by atoms with Gasteiger partial charge in [0.25, 0.3) is 0 Å². The molecular weight excluding hydrogens is 488 g/mol. The number of likely N-dealkylation sites (N-methyl/N-ethyl adjacent to an activating group) is 1. The van der Waals surface area contributed by atoms with Crippen LogP contribution in [0.2, 0.25) is 0 Å². The lowest BCUT2D eigenvalue weighted by molar-refractivity contribution is 0.0744. The van der Waals surface area contributed by atoms with Gasteiger partial charge in [-0.2, -0.15) is 5.26 Å². The molecule has 0 fully saturated rings. The molecule has 0 spiro atoms. The number of methoxy groups -OCH3 is 1. The first-order valence-corrected chi connectivity index (χ1v) is 12.2. The van der Waals surface area contributed by atoms with Gasteiger partial charge in [0.1, 0.15) is 11.9 Å². The molecule has 0 aliphatic rings. The van der Waals surface area contributed by atoms with Crippen molar-refractivity contribution in [3.63, 3.8) is 0 Å². The molecule has 0 bridgehead atoms. The lowest BCUT2D eigenvalue weighted by Crippen LogP contribution is -2.37. The summed E-state index contributed by atoms with van der Waals surface area (Å²) in [7, 11) is 1.53. The molecule has 3 amide bonds. The Morgan fingerprint density at radius 3 is 2.55 bits per heavy atom. The van der Waals surface area contributed by atoms with Gasteiger partial charge in [-0.25, -0.2) is 14.6 Å². The molecule has 11 nitrogen and oxygen atoms in total. The maximum Gasteiger partial charge on any atom is 0.407 e. The van der Waals surface area contributed by atoms with Gasteiger partial charge in [0.2, 0.25) is 0 Å². The minimum absolute atomic E-state index is 0.118. The molecule has 11 heteroatoms. The van der Waals surface area contributed by atoms with Crippen molar-refractivity contribution in [2.75, 3.05) is 37.4 Å². The van der Waals surface area contributed by atoms with Crippen LogP contribution in [0.1, 0.15) is 25.8 Å². The van der Waals surface area contributed by atoms with Crippen LogP contribution >= 0.6 is 0 Å². The smallest absolute Gasteiger partial charge is 0.407 e. The van der Waals surface area contributed by atoms with E-state index < -0.39 is 18.2 Å². The Bertz CT molecular complexity index is 1240. The van der Waals surface area contributed by atoms with Crippen LogP contribution in [0.25, 0.3) is 11.3 Å². The third-order valence-corrected chi connectivity index (χ3v) is 5.73. The minimum Gasteiger partial charge on any atom is -0.496 e. The molecule has 0 saturated carbocycles. The topological polar surface area (TPSA) is 142 Å². The average Bonchev–Trinajstić information content (AvgIpc) is 3.45. The number of nitrogens with one attached hydrogen (secondary N) is 3. The predicted molar refractivity (Wildman–Crippen MR) is 143 cm³/mol. The minimum atomic E-state index is -0.601. The van der Waals surface area contributed by atoms with Gasteiger partial charge in [-0.15, -0.1) is 0 Å². The van der Waals surface area contributed by atoms with Crippen molar-refractivity contribution >= 4 is 23.5 Å². The van der Waals surface area contributed by atoms with Gasteiger partial charge in [0.15, 0.2) is 12.2 Å². The van der Waals surface area contributed by atoms with Crippen molar-refractivity contribution in [2.24, 2.45) is 0 Å². The van der Waals surface area contributed by atoms with Crippen molar-refractivity contribution in [1.29, 1.82) is 5.26 Å². The van der Waals surface area contributed by atoms with E-state index in [0.717, 1.165) is 18.7 Å². The quantitative estimate of drug-likeness (QED) is 0.308. The lowest BCUT2D eigenvalue weighted by atomic mass is 10.1. The van der Waals surface area contributed by atoms with Gasteiger partial charge in [0, 0.05) is 30.5 Å². The van der Waals surface area contributed by atoms with Crippen LogP contribution < -0.4 is 20.7 Å². The van der Waals surface area contributed by atoms with E-state index in [1.165, 1.54) is 13.5 Å². The van der Waals surface area contributed by atoms with E-state index in [4.69, 9.17) is 19.2 Å². The predicted octanol–water partition coefficient (Wildman–Crippen LogP) is 4.84. The lowest BCUT2D eigenvalue weighted by Gasteiger charge is -2.23. The number of rotatable bonds is 12. The zero-order chi connectivity index (χ0) is 27.3. The number of anilines is 2. The van der Waals surface area contributed by atoms with Gasteiger partial charge in [0.05, 0.1) is 31.4 Å². The highest BCUT2D eigenvalue weighted by atomic mass is 16.6. The zero-order valence-corrected chi connectivity index (χ0v) is 21.7. The van der Waals surface area contributed by atoms with Gasteiger partial charge >= 0.3 is 12.1 Å². The molecule has 1 aromatic heterocycles. The fourth-order valence-corrected chi connectivity index (χ4v) is 3.76. The molecule has 3 aromatic rings. The SMILES string of the molecule is CCN(CC)C[C@H](CC#N)OC(=O)NCc1cccc(NC(=O)Nc2ccc(-c3cnco3)c(OC)c2)c1. The molecule has 38 heavy (non-hydrogen) atoms. The standard InChI is InChI=1S/C27H32N6O5/c1-4-33(5-2)17-22(11-12-28)38-27(35)30-15-19-7-6-8-20(13-19)31-26(34)32-21-9-10-23(24(14-21)36-3)25-16-29-18-37-25/h6-10,13-14,16,18,22H,4-5,11,15,17H2,1-3H3,(H,30,35)(H2,31,32,34)/t22-/m0/s1. The fraction of sp³-hybridized carbons (Fsp3) is 0.333. The summed E-state index contributed by atoms with van der Waals surface area (Å²) in [5.41, 5.74) is 2.55. The number of benzene rings is 2. The Hall–Kier alpha value is -4.56. The van der Waals surface area contributed by atoms with Crippen LogP contribution in [0.15, 0.2) is 59.5 Å². The van der Waals surface area contributed by atoms with E-state index >= 15 is 0 Å². The fourth-order valence-electron chi connectivity index (χ4n) is 3.76. The summed E-state index contributed by atoms with van der Waals surface area (Å²) in [5.74, 6) is 1.07. The molecule has 3 N–H and O–H groups in total. The number of urea groups is 1. The number of oxazole rings is 1. The van der Waals surface area contributed by atoms with Crippen LogP contribution in [0.3, 0.4) is 0 Å². The van der Waals surface area contributed by atoms with E-state index in [1.54, 1.807) is 42.6 Å². The number of amides is 3. The van der Waals surface area contributed by atoms with Crippen molar-refractivity contribution < 1.29 is 23.5 Å². The Kier molecular flexibility index (Phi) is 10.5. The largest absolute Gasteiger partial charge is 0.496 e. The maximum absolute atomic E-state index is 12.6. The number of alkyl carbamates (subject to hydrolysis) is 1. The summed E-state index contributed by atoms with van der Waals surface area (Å²) >= 11 is 0. The summed E-state index contributed by atoms with van der Waals surface area (Å²) in [6.45, 7) is 6.33. The second kappa shape index (κ2) is 14.2.